The van der Waals surface area contributed by atoms with Gasteiger partial charge in [0.15, 0.2) is 0 Å². The van der Waals surface area contributed by atoms with E-state index in [0.29, 0.717) is 10.8 Å². The summed E-state index contributed by atoms with van der Waals surface area (Å²) in [5.41, 5.74) is 1.36. The van der Waals surface area contributed by atoms with Crippen molar-refractivity contribution in [2.24, 2.45) is 10.8 Å². The van der Waals surface area contributed by atoms with Crippen LogP contribution < -0.4 is 10.6 Å². The molecule has 0 heterocycles. The van der Waals surface area contributed by atoms with Gasteiger partial charge in [-0.2, -0.15) is 0 Å². The lowest BCUT2D eigenvalue weighted by atomic mass is 9.80. The molecule has 3 nitrogen and oxygen atoms in total. The Morgan fingerprint density at radius 3 is 2.69 bits per heavy atom. The van der Waals surface area contributed by atoms with Crippen LogP contribution in [-0.2, 0) is 4.79 Å². The fourth-order valence-electron chi connectivity index (χ4n) is 4.04. The second-order valence-corrected chi connectivity index (χ2v) is 5.19. The van der Waals surface area contributed by atoms with Crippen LogP contribution in [0.25, 0.3) is 0 Å². The summed E-state index contributed by atoms with van der Waals surface area (Å²) in [7, 11) is 2.02. The molecule has 0 aromatic heterocycles. The van der Waals surface area contributed by atoms with Gasteiger partial charge in [0.25, 0.3) is 0 Å². The predicted octanol–water partition coefficient (Wildman–Crippen LogP) is 0.265. The summed E-state index contributed by atoms with van der Waals surface area (Å²) in [6, 6.07) is 0. The molecule has 0 bridgehead atoms. The topological polar surface area (TPSA) is 41.1 Å². The summed E-state index contributed by atoms with van der Waals surface area (Å²) in [6.07, 6.45) is 3.78. The van der Waals surface area contributed by atoms with E-state index in [2.05, 4.69) is 10.6 Å². The van der Waals surface area contributed by atoms with Crippen LogP contribution in [0.4, 0.5) is 0 Å². The van der Waals surface area contributed by atoms with Crippen LogP contribution in [0.5, 0.6) is 0 Å². The largest absolute Gasteiger partial charge is 0.350 e. The molecule has 3 unspecified atom stereocenters. The Bertz CT molecular complexity index is 303. The summed E-state index contributed by atoms with van der Waals surface area (Å²) in [5, 5.41) is 6.39. The molecule has 3 aliphatic rings. The van der Waals surface area contributed by atoms with Crippen molar-refractivity contribution >= 4 is 5.91 Å². The van der Waals surface area contributed by atoms with Gasteiger partial charge in [-0.05, 0) is 31.7 Å². The Morgan fingerprint density at radius 1 is 1.38 bits per heavy atom. The van der Waals surface area contributed by atoms with Gasteiger partial charge in [-0.3, -0.25) is 4.79 Å². The zero-order valence-corrected chi connectivity index (χ0v) is 8.24. The number of carbonyl (C=O) groups is 1. The Labute approximate surface area is 78.3 Å². The average Bonchev–Trinajstić information content (AvgIpc) is 2.70. The molecule has 1 amide bonds. The van der Waals surface area contributed by atoms with Gasteiger partial charge in [-0.25, -0.2) is 0 Å². The number of rotatable bonds is 3. The van der Waals surface area contributed by atoms with Gasteiger partial charge >= 0.3 is 0 Å². The summed E-state index contributed by atoms with van der Waals surface area (Å²) in [5.74, 6) is 0.141. The maximum Gasteiger partial charge on any atom is 0.217 e. The van der Waals surface area contributed by atoms with Crippen molar-refractivity contribution in [2.75, 3.05) is 13.6 Å². The minimum Gasteiger partial charge on any atom is -0.350 e. The smallest absolute Gasteiger partial charge is 0.217 e. The predicted molar refractivity (Wildman–Crippen MR) is 49.2 cm³/mol. The lowest BCUT2D eigenvalue weighted by Gasteiger charge is -2.34. The van der Waals surface area contributed by atoms with Crippen molar-refractivity contribution in [3.63, 3.8) is 0 Å². The third kappa shape index (κ3) is 0.622. The van der Waals surface area contributed by atoms with E-state index in [-0.39, 0.29) is 11.4 Å². The Balaban J connectivity index is 1.70. The molecule has 3 atom stereocenters. The van der Waals surface area contributed by atoms with Gasteiger partial charge < -0.3 is 10.6 Å². The van der Waals surface area contributed by atoms with Gasteiger partial charge in [0.2, 0.25) is 5.91 Å². The van der Waals surface area contributed by atoms with Gasteiger partial charge in [0.1, 0.15) is 0 Å². The highest BCUT2D eigenvalue weighted by Gasteiger charge is 2.96. The monoisotopic (exact) mass is 180 g/mol. The van der Waals surface area contributed by atoms with E-state index in [9.17, 15) is 4.79 Å². The van der Waals surface area contributed by atoms with E-state index in [1.807, 2.05) is 7.05 Å². The van der Waals surface area contributed by atoms with Crippen LogP contribution in [0.3, 0.4) is 0 Å². The van der Waals surface area contributed by atoms with Crippen molar-refractivity contribution in [2.45, 2.75) is 31.7 Å². The first kappa shape index (κ1) is 7.80. The summed E-state index contributed by atoms with van der Waals surface area (Å²) < 4.78 is 0. The molecule has 0 radical (unpaired) electrons. The molecular formula is C10H16N2O. The normalized spacial score (nSPS) is 54.3. The molecule has 3 saturated carbocycles. The van der Waals surface area contributed by atoms with Gasteiger partial charge in [-0.1, -0.05) is 0 Å². The quantitative estimate of drug-likeness (QED) is 0.654. The number of hydrogen-bond donors (Lipinski definition) is 2. The molecule has 1 spiro atoms. The van der Waals surface area contributed by atoms with Gasteiger partial charge in [0, 0.05) is 24.4 Å². The van der Waals surface area contributed by atoms with Gasteiger partial charge in [0.05, 0.1) is 0 Å². The summed E-state index contributed by atoms with van der Waals surface area (Å²) in [4.78, 5) is 11.0. The molecular weight excluding hydrogens is 164 g/mol. The third-order valence-corrected chi connectivity index (χ3v) is 4.50. The van der Waals surface area contributed by atoms with Crippen molar-refractivity contribution in [1.29, 1.82) is 0 Å². The van der Waals surface area contributed by atoms with E-state index < -0.39 is 0 Å². The first-order valence-corrected chi connectivity index (χ1v) is 5.03. The minimum atomic E-state index is 0.141. The lowest BCUT2D eigenvalue weighted by molar-refractivity contribution is -0.120. The van der Waals surface area contributed by atoms with Crippen LogP contribution in [0.2, 0.25) is 0 Å². The minimum absolute atomic E-state index is 0.141. The Hall–Kier alpha value is -0.570. The van der Waals surface area contributed by atoms with Crippen LogP contribution >= 0.6 is 0 Å². The van der Waals surface area contributed by atoms with Crippen molar-refractivity contribution < 1.29 is 4.79 Å². The molecule has 3 fully saturated rings. The molecule has 0 aromatic rings. The lowest BCUT2D eigenvalue weighted by Crippen LogP contribution is -2.48. The van der Waals surface area contributed by atoms with E-state index in [1.165, 1.54) is 19.3 Å². The zero-order valence-electron chi connectivity index (χ0n) is 8.24. The molecule has 3 heteroatoms. The van der Waals surface area contributed by atoms with Crippen LogP contribution in [0.1, 0.15) is 26.2 Å². The zero-order chi connectivity index (χ0) is 9.32. The summed E-state index contributed by atoms with van der Waals surface area (Å²) >= 11 is 0. The first-order valence-electron chi connectivity index (χ1n) is 5.03. The molecule has 72 valence electrons. The Morgan fingerprint density at radius 2 is 2.15 bits per heavy atom. The molecule has 3 rings (SSSR count). The molecule has 3 aliphatic carbocycles. The van der Waals surface area contributed by atoms with E-state index in [1.54, 1.807) is 6.92 Å². The molecule has 0 aliphatic heterocycles. The number of carbonyl (C=O) groups excluding carboxylic acids is 1. The first-order chi connectivity index (χ1) is 6.10. The highest BCUT2D eigenvalue weighted by atomic mass is 16.1. The molecule has 0 saturated heterocycles. The number of hydrogen-bond acceptors (Lipinski definition) is 2. The van der Waals surface area contributed by atoms with Crippen molar-refractivity contribution in [3.05, 3.63) is 0 Å². The van der Waals surface area contributed by atoms with Crippen LogP contribution in [0.15, 0.2) is 0 Å². The number of amides is 1. The van der Waals surface area contributed by atoms with E-state index in [0.717, 1.165) is 6.54 Å². The molecule has 0 aromatic carbocycles. The maximum atomic E-state index is 11.0. The second-order valence-electron chi connectivity index (χ2n) is 5.19. The van der Waals surface area contributed by atoms with E-state index in [4.69, 9.17) is 0 Å². The van der Waals surface area contributed by atoms with E-state index >= 15 is 0 Å². The summed E-state index contributed by atoms with van der Waals surface area (Å²) in [6.45, 7) is 2.76. The third-order valence-electron chi connectivity index (χ3n) is 4.50. The highest BCUT2D eigenvalue weighted by Crippen LogP contribution is 2.95. The second kappa shape index (κ2) is 1.78. The Kier molecular flexibility index (Phi) is 1.07. The maximum absolute atomic E-state index is 11.0. The fraction of sp³-hybridized carbons (Fsp3) is 0.900. The molecule has 2 N–H and O–H groups in total. The standard InChI is InChI=1S/C10H16N2O/c1-7(13)12-10-4-8(6-11-2)3-9(8,10)5-10/h11H,3-6H2,1-2H3,(H,12,13). The SMILES string of the molecule is CNCC12CC3(NC(C)=O)CC13C2. The average molecular weight is 180 g/mol. The molecule has 13 heavy (non-hydrogen) atoms. The van der Waals surface area contributed by atoms with Crippen molar-refractivity contribution in [1.82, 2.24) is 10.6 Å². The van der Waals surface area contributed by atoms with Crippen molar-refractivity contribution in [3.8, 4) is 0 Å². The van der Waals surface area contributed by atoms with Gasteiger partial charge in [-0.15, -0.1) is 0 Å². The van der Waals surface area contributed by atoms with Crippen LogP contribution in [-0.4, -0.2) is 25.0 Å². The fourth-order valence-corrected chi connectivity index (χ4v) is 4.04. The van der Waals surface area contributed by atoms with Crippen LogP contribution in [0, 0.1) is 10.8 Å². The highest BCUT2D eigenvalue weighted by molar-refractivity contribution is 5.76. The number of nitrogens with one attached hydrogen (secondary N) is 2.